The van der Waals surface area contributed by atoms with E-state index in [1.54, 1.807) is 4.57 Å². The fourth-order valence-electron chi connectivity index (χ4n) is 1.16. The van der Waals surface area contributed by atoms with Crippen molar-refractivity contribution in [1.82, 2.24) is 14.5 Å². The molecule has 0 amide bonds. The molecule has 0 spiro atoms. The van der Waals surface area contributed by atoms with Crippen LogP contribution in [-0.2, 0) is 15.6 Å². The van der Waals surface area contributed by atoms with Crippen molar-refractivity contribution in [3.8, 4) is 0 Å². The number of halogens is 1. The molecule has 0 saturated heterocycles. The molecule has 0 aromatic carbocycles. The highest BCUT2D eigenvalue weighted by Gasteiger charge is 2.12. The van der Waals surface area contributed by atoms with Gasteiger partial charge in [0.15, 0.2) is 5.03 Å². The molecule has 0 atom stereocenters. The van der Waals surface area contributed by atoms with Gasteiger partial charge in [0, 0.05) is 23.4 Å². The van der Waals surface area contributed by atoms with E-state index >= 15 is 0 Å². The number of aryl methyl sites for hydroxylation is 1. The molecule has 0 aliphatic carbocycles. The van der Waals surface area contributed by atoms with Gasteiger partial charge in [0.2, 0.25) is 0 Å². The van der Waals surface area contributed by atoms with Crippen molar-refractivity contribution in [2.45, 2.75) is 18.0 Å². The number of imidazole rings is 1. The molecule has 0 bridgehead atoms. The van der Waals surface area contributed by atoms with Crippen LogP contribution in [0.15, 0.2) is 17.6 Å². The SMILES string of the molecule is CN(C)CCCn1cnc(S(=O)(=O)Cl)c1. The Hall–Kier alpha value is -0.590. The predicted octanol–water partition coefficient (Wildman–Crippen LogP) is 0.762. The molecule has 0 saturated carbocycles. The van der Waals surface area contributed by atoms with Crippen LogP contribution >= 0.6 is 10.7 Å². The van der Waals surface area contributed by atoms with Crippen LogP contribution in [0, 0.1) is 0 Å². The maximum atomic E-state index is 10.9. The summed E-state index contributed by atoms with van der Waals surface area (Å²) in [6, 6.07) is 0. The molecule has 1 aromatic rings. The van der Waals surface area contributed by atoms with Gasteiger partial charge >= 0.3 is 0 Å². The molecular formula is C8H14ClN3O2S. The normalized spacial score (nSPS) is 12.3. The van der Waals surface area contributed by atoms with E-state index < -0.39 is 9.05 Å². The second-order valence-electron chi connectivity index (χ2n) is 3.54. The molecule has 0 N–H and O–H groups in total. The summed E-state index contributed by atoms with van der Waals surface area (Å²) in [7, 11) is 5.43. The third kappa shape index (κ3) is 4.19. The highest BCUT2D eigenvalue weighted by atomic mass is 35.7. The number of rotatable bonds is 5. The van der Waals surface area contributed by atoms with Gasteiger partial charge in [-0.3, -0.25) is 0 Å². The van der Waals surface area contributed by atoms with Crippen molar-refractivity contribution in [3.63, 3.8) is 0 Å². The van der Waals surface area contributed by atoms with Gasteiger partial charge in [-0.05, 0) is 27.1 Å². The van der Waals surface area contributed by atoms with Crippen molar-refractivity contribution in [2.24, 2.45) is 0 Å². The number of hydrogen-bond donors (Lipinski definition) is 0. The number of nitrogens with zero attached hydrogens (tertiary/aromatic N) is 3. The molecule has 0 fully saturated rings. The van der Waals surface area contributed by atoms with Gasteiger partial charge in [-0.1, -0.05) is 0 Å². The molecule has 1 aromatic heterocycles. The second kappa shape index (κ2) is 4.96. The molecule has 5 nitrogen and oxygen atoms in total. The van der Waals surface area contributed by atoms with Crippen LogP contribution in [0.3, 0.4) is 0 Å². The van der Waals surface area contributed by atoms with E-state index in [9.17, 15) is 8.42 Å². The first kappa shape index (κ1) is 12.5. The van der Waals surface area contributed by atoms with Crippen molar-refractivity contribution < 1.29 is 8.42 Å². The Balaban J connectivity index is 2.54. The Morgan fingerprint density at radius 3 is 2.67 bits per heavy atom. The first-order valence-electron chi connectivity index (χ1n) is 4.51. The monoisotopic (exact) mass is 251 g/mol. The standard InChI is InChI=1S/C8H14ClN3O2S/c1-11(2)4-3-5-12-6-8(10-7-12)15(9,13)14/h6-7H,3-5H2,1-2H3. The average molecular weight is 252 g/mol. The highest BCUT2D eigenvalue weighted by molar-refractivity contribution is 8.13. The summed E-state index contributed by atoms with van der Waals surface area (Å²) in [5, 5.41) is -0.0889. The van der Waals surface area contributed by atoms with Gasteiger partial charge in [-0.25, -0.2) is 13.4 Å². The number of aromatic nitrogens is 2. The van der Waals surface area contributed by atoms with Gasteiger partial charge in [0.1, 0.15) is 0 Å². The van der Waals surface area contributed by atoms with Gasteiger partial charge < -0.3 is 9.47 Å². The lowest BCUT2D eigenvalue weighted by Gasteiger charge is -2.08. The van der Waals surface area contributed by atoms with Crippen LogP contribution in [0.1, 0.15) is 6.42 Å². The molecular weight excluding hydrogens is 238 g/mol. The summed E-state index contributed by atoms with van der Waals surface area (Å²) in [4.78, 5) is 5.78. The first-order chi connectivity index (χ1) is 6.89. The smallest absolute Gasteiger partial charge is 0.280 e. The summed E-state index contributed by atoms with van der Waals surface area (Å²) in [6.07, 6.45) is 3.86. The third-order valence-corrected chi connectivity index (χ3v) is 3.07. The molecule has 1 heterocycles. The van der Waals surface area contributed by atoms with Crippen LogP contribution < -0.4 is 0 Å². The predicted molar refractivity (Wildman–Crippen MR) is 58.4 cm³/mol. The van der Waals surface area contributed by atoms with E-state index in [-0.39, 0.29) is 5.03 Å². The third-order valence-electron chi connectivity index (χ3n) is 1.88. The van der Waals surface area contributed by atoms with Crippen LogP contribution in [0.2, 0.25) is 0 Å². The summed E-state index contributed by atoms with van der Waals surface area (Å²) >= 11 is 0. The van der Waals surface area contributed by atoms with E-state index in [0.717, 1.165) is 19.5 Å². The minimum Gasteiger partial charge on any atom is -0.336 e. The summed E-state index contributed by atoms with van der Waals surface area (Å²) in [6.45, 7) is 1.68. The van der Waals surface area contributed by atoms with Crippen LogP contribution in [-0.4, -0.2) is 43.5 Å². The van der Waals surface area contributed by atoms with E-state index in [1.165, 1.54) is 12.5 Å². The maximum absolute atomic E-state index is 10.9. The first-order valence-corrected chi connectivity index (χ1v) is 6.81. The Morgan fingerprint density at radius 2 is 2.20 bits per heavy atom. The van der Waals surface area contributed by atoms with Crippen LogP contribution in [0.5, 0.6) is 0 Å². The summed E-state index contributed by atoms with van der Waals surface area (Å²) in [5.41, 5.74) is 0. The lowest BCUT2D eigenvalue weighted by molar-refractivity contribution is 0.386. The zero-order valence-corrected chi connectivity index (χ0v) is 10.3. The van der Waals surface area contributed by atoms with Crippen LogP contribution in [0.25, 0.3) is 0 Å². The fraction of sp³-hybridized carbons (Fsp3) is 0.625. The average Bonchev–Trinajstić information content (AvgIpc) is 2.51. The van der Waals surface area contributed by atoms with E-state index in [1.807, 2.05) is 14.1 Å². The van der Waals surface area contributed by atoms with E-state index in [0.29, 0.717) is 0 Å². The van der Waals surface area contributed by atoms with E-state index in [4.69, 9.17) is 10.7 Å². The lowest BCUT2D eigenvalue weighted by Crippen LogP contribution is -2.14. The zero-order chi connectivity index (χ0) is 11.5. The minimum absolute atomic E-state index is 0.0889. The zero-order valence-electron chi connectivity index (χ0n) is 8.72. The molecule has 0 unspecified atom stereocenters. The van der Waals surface area contributed by atoms with Crippen LogP contribution in [0.4, 0.5) is 0 Å². The molecule has 86 valence electrons. The Labute approximate surface area is 94.1 Å². The van der Waals surface area contributed by atoms with Crippen molar-refractivity contribution in [1.29, 1.82) is 0 Å². The highest BCUT2D eigenvalue weighted by Crippen LogP contribution is 2.11. The molecule has 0 aliphatic heterocycles. The molecule has 1 rings (SSSR count). The topological polar surface area (TPSA) is 55.2 Å². The molecule has 7 heteroatoms. The largest absolute Gasteiger partial charge is 0.336 e. The summed E-state index contributed by atoms with van der Waals surface area (Å²) < 4.78 is 23.5. The van der Waals surface area contributed by atoms with Gasteiger partial charge in [-0.15, -0.1) is 0 Å². The number of hydrogen-bond acceptors (Lipinski definition) is 4. The lowest BCUT2D eigenvalue weighted by atomic mass is 10.4. The minimum atomic E-state index is -3.69. The Kier molecular flexibility index (Phi) is 4.12. The Bertz CT molecular complexity index is 413. The quantitative estimate of drug-likeness (QED) is 0.725. The maximum Gasteiger partial charge on any atom is 0.280 e. The second-order valence-corrected chi connectivity index (χ2v) is 6.06. The Morgan fingerprint density at radius 1 is 1.53 bits per heavy atom. The van der Waals surface area contributed by atoms with Crippen molar-refractivity contribution in [2.75, 3.05) is 20.6 Å². The molecule has 15 heavy (non-hydrogen) atoms. The molecule has 0 aliphatic rings. The van der Waals surface area contributed by atoms with Gasteiger partial charge in [0.05, 0.1) is 6.33 Å². The summed E-state index contributed by atoms with van der Waals surface area (Å²) in [5.74, 6) is 0. The fourth-order valence-corrected chi connectivity index (χ4v) is 1.83. The van der Waals surface area contributed by atoms with Gasteiger partial charge in [-0.2, -0.15) is 0 Å². The van der Waals surface area contributed by atoms with E-state index in [2.05, 4.69) is 9.88 Å². The van der Waals surface area contributed by atoms with Crippen molar-refractivity contribution in [3.05, 3.63) is 12.5 Å². The molecule has 0 radical (unpaired) electrons. The van der Waals surface area contributed by atoms with Gasteiger partial charge in [0.25, 0.3) is 9.05 Å². The van der Waals surface area contributed by atoms with Crippen molar-refractivity contribution >= 4 is 19.7 Å².